The minimum absolute atomic E-state index is 0.204. The molecule has 1 aliphatic rings. The molecule has 0 radical (unpaired) electrons. The van der Waals surface area contributed by atoms with E-state index >= 15 is 0 Å². The average Bonchev–Trinajstić information content (AvgIpc) is 2.67. The number of benzene rings is 1. The molecule has 104 valence electrons. The van der Waals surface area contributed by atoms with Crippen molar-refractivity contribution in [3.8, 4) is 0 Å². The van der Waals surface area contributed by atoms with E-state index in [2.05, 4.69) is 21.2 Å². The second-order valence-corrected chi connectivity index (χ2v) is 6.38. The summed E-state index contributed by atoms with van der Waals surface area (Å²) in [5, 5.41) is 3.03. The normalized spacial score (nSPS) is 16.9. The van der Waals surface area contributed by atoms with Gasteiger partial charge in [0.25, 0.3) is 0 Å². The van der Waals surface area contributed by atoms with Gasteiger partial charge in [0.15, 0.2) is 0 Å². The van der Waals surface area contributed by atoms with Crippen molar-refractivity contribution in [3.63, 3.8) is 0 Å². The number of carbonyl (C=O) groups excluding carboxylic acids is 1. The molecule has 0 spiro atoms. The van der Waals surface area contributed by atoms with Gasteiger partial charge in [0.1, 0.15) is 0 Å². The van der Waals surface area contributed by atoms with Crippen LogP contribution >= 0.6 is 15.9 Å². The summed E-state index contributed by atoms with van der Waals surface area (Å²) < 4.78 is 1.07. The van der Waals surface area contributed by atoms with Crippen LogP contribution in [0.2, 0.25) is 0 Å². The van der Waals surface area contributed by atoms with Gasteiger partial charge in [0.05, 0.1) is 0 Å². The third-order valence-corrected chi connectivity index (χ3v) is 4.38. The van der Waals surface area contributed by atoms with E-state index in [1.807, 2.05) is 24.3 Å². The molecule has 1 saturated carbocycles. The monoisotopic (exact) mass is 323 g/mol. The molecule has 0 saturated heterocycles. The highest BCUT2D eigenvalue weighted by atomic mass is 79.9. The van der Waals surface area contributed by atoms with E-state index in [0.717, 1.165) is 10.0 Å². The van der Waals surface area contributed by atoms with Crippen LogP contribution in [0.3, 0.4) is 0 Å². The van der Waals surface area contributed by atoms with Crippen LogP contribution in [0.5, 0.6) is 0 Å². The summed E-state index contributed by atoms with van der Waals surface area (Å²) in [6.07, 6.45) is 8.44. The van der Waals surface area contributed by atoms with Gasteiger partial charge in [-0.1, -0.05) is 53.7 Å². The molecule has 1 N–H and O–H groups in total. The topological polar surface area (TPSA) is 29.1 Å². The molecule has 1 aliphatic carbocycles. The third kappa shape index (κ3) is 5.35. The van der Waals surface area contributed by atoms with Gasteiger partial charge in [-0.2, -0.15) is 0 Å². The first-order chi connectivity index (χ1) is 9.24. The second kappa shape index (κ2) is 7.68. The Morgan fingerprint density at radius 1 is 1.11 bits per heavy atom. The highest BCUT2D eigenvalue weighted by Gasteiger charge is 2.15. The van der Waals surface area contributed by atoms with Crippen LogP contribution in [-0.4, -0.2) is 5.91 Å². The summed E-state index contributed by atoms with van der Waals surface area (Å²) in [6, 6.07) is 8.09. The molecule has 0 unspecified atom stereocenters. The Hall–Kier alpha value is -0.830. The fourth-order valence-electron chi connectivity index (χ4n) is 2.71. The molecule has 2 rings (SSSR count). The Morgan fingerprint density at radius 3 is 2.37 bits per heavy atom. The molecular formula is C16H22BrNO. The van der Waals surface area contributed by atoms with Crippen LogP contribution < -0.4 is 5.32 Å². The SMILES string of the molecule is O=C(CC1CCCCCC1)NCc1ccc(Br)cc1. The molecule has 19 heavy (non-hydrogen) atoms. The van der Waals surface area contributed by atoms with Crippen molar-refractivity contribution >= 4 is 21.8 Å². The van der Waals surface area contributed by atoms with Crippen LogP contribution in [0, 0.1) is 5.92 Å². The first-order valence-electron chi connectivity index (χ1n) is 7.25. The molecule has 3 heteroatoms. The molecule has 0 aromatic heterocycles. The predicted molar refractivity (Wildman–Crippen MR) is 81.8 cm³/mol. The summed E-state index contributed by atoms with van der Waals surface area (Å²) >= 11 is 3.41. The number of nitrogens with one attached hydrogen (secondary N) is 1. The highest BCUT2D eigenvalue weighted by molar-refractivity contribution is 9.10. The predicted octanol–water partition coefficient (Wildman–Crippen LogP) is 4.43. The van der Waals surface area contributed by atoms with Crippen molar-refractivity contribution in [1.29, 1.82) is 0 Å². The summed E-state index contributed by atoms with van der Waals surface area (Å²) in [7, 11) is 0. The molecule has 0 bridgehead atoms. The van der Waals surface area contributed by atoms with Crippen molar-refractivity contribution in [2.75, 3.05) is 0 Å². The highest BCUT2D eigenvalue weighted by Crippen LogP contribution is 2.25. The minimum atomic E-state index is 0.204. The van der Waals surface area contributed by atoms with E-state index < -0.39 is 0 Å². The minimum Gasteiger partial charge on any atom is -0.352 e. The van der Waals surface area contributed by atoms with Crippen LogP contribution in [-0.2, 0) is 11.3 Å². The van der Waals surface area contributed by atoms with Crippen molar-refractivity contribution < 1.29 is 4.79 Å². The van der Waals surface area contributed by atoms with E-state index in [4.69, 9.17) is 0 Å². The quantitative estimate of drug-likeness (QED) is 0.816. The third-order valence-electron chi connectivity index (χ3n) is 3.85. The zero-order chi connectivity index (χ0) is 13.5. The maximum absolute atomic E-state index is 11.9. The summed E-state index contributed by atoms with van der Waals surface area (Å²) in [5.41, 5.74) is 1.15. The number of amides is 1. The lowest BCUT2D eigenvalue weighted by molar-refractivity contribution is -0.122. The summed E-state index contributed by atoms with van der Waals surface area (Å²) in [6.45, 7) is 0.638. The maximum atomic E-state index is 11.9. The van der Waals surface area contributed by atoms with E-state index in [1.165, 1.54) is 38.5 Å². The van der Waals surface area contributed by atoms with Crippen LogP contribution in [0.4, 0.5) is 0 Å². The summed E-state index contributed by atoms with van der Waals surface area (Å²) in [4.78, 5) is 11.9. The lowest BCUT2D eigenvalue weighted by atomic mass is 9.96. The Labute approximate surface area is 124 Å². The molecular weight excluding hydrogens is 302 g/mol. The van der Waals surface area contributed by atoms with E-state index in [0.29, 0.717) is 18.9 Å². The zero-order valence-electron chi connectivity index (χ0n) is 11.3. The number of hydrogen-bond acceptors (Lipinski definition) is 1. The number of halogens is 1. The van der Waals surface area contributed by atoms with E-state index in [-0.39, 0.29) is 5.91 Å². The molecule has 1 amide bonds. The van der Waals surface area contributed by atoms with Crippen molar-refractivity contribution in [1.82, 2.24) is 5.32 Å². The Morgan fingerprint density at radius 2 is 1.74 bits per heavy atom. The Balaban J connectivity index is 1.73. The Bertz CT molecular complexity index is 394. The van der Waals surface area contributed by atoms with Gasteiger partial charge in [-0.15, -0.1) is 0 Å². The van der Waals surface area contributed by atoms with Gasteiger partial charge in [-0.3, -0.25) is 4.79 Å². The van der Waals surface area contributed by atoms with Gasteiger partial charge in [0.2, 0.25) is 5.91 Å². The number of hydrogen-bond donors (Lipinski definition) is 1. The van der Waals surface area contributed by atoms with Crippen molar-refractivity contribution in [3.05, 3.63) is 34.3 Å². The molecule has 1 aromatic carbocycles. The molecule has 0 aliphatic heterocycles. The molecule has 0 heterocycles. The van der Waals surface area contributed by atoms with Crippen molar-refractivity contribution in [2.24, 2.45) is 5.92 Å². The lowest BCUT2D eigenvalue weighted by Gasteiger charge is -2.13. The van der Waals surface area contributed by atoms with Gasteiger partial charge in [0, 0.05) is 17.4 Å². The number of rotatable bonds is 4. The average molecular weight is 324 g/mol. The lowest BCUT2D eigenvalue weighted by Crippen LogP contribution is -2.25. The van der Waals surface area contributed by atoms with Crippen molar-refractivity contribution in [2.45, 2.75) is 51.5 Å². The number of carbonyl (C=O) groups is 1. The van der Waals surface area contributed by atoms with E-state index in [1.54, 1.807) is 0 Å². The Kier molecular flexibility index (Phi) is 5.90. The van der Waals surface area contributed by atoms with Crippen LogP contribution in [0.1, 0.15) is 50.5 Å². The molecule has 1 aromatic rings. The van der Waals surface area contributed by atoms with Gasteiger partial charge >= 0.3 is 0 Å². The standard InChI is InChI=1S/C16H22BrNO/c17-15-9-7-14(8-10-15)12-18-16(19)11-13-5-3-1-2-4-6-13/h7-10,13H,1-6,11-12H2,(H,18,19). The fourth-order valence-corrected chi connectivity index (χ4v) is 2.97. The van der Waals surface area contributed by atoms with Crippen LogP contribution in [0.15, 0.2) is 28.7 Å². The first kappa shape index (κ1) is 14.6. The van der Waals surface area contributed by atoms with Gasteiger partial charge in [-0.25, -0.2) is 0 Å². The largest absolute Gasteiger partial charge is 0.352 e. The molecule has 1 fully saturated rings. The molecule has 0 atom stereocenters. The van der Waals surface area contributed by atoms with Gasteiger partial charge in [-0.05, 0) is 36.5 Å². The smallest absolute Gasteiger partial charge is 0.220 e. The first-order valence-corrected chi connectivity index (χ1v) is 8.04. The summed E-state index contributed by atoms with van der Waals surface area (Å²) in [5.74, 6) is 0.808. The fraction of sp³-hybridized carbons (Fsp3) is 0.562. The maximum Gasteiger partial charge on any atom is 0.220 e. The van der Waals surface area contributed by atoms with Gasteiger partial charge < -0.3 is 5.32 Å². The van der Waals surface area contributed by atoms with E-state index in [9.17, 15) is 4.79 Å². The second-order valence-electron chi connectivity index (χ2n) is 5.46. The zero-order valence-corrected chi connectivity index (χ0v) is 12.9. The molecule has 2 nitrogen and oxygen atoms in total. The van der Waals surface area contributed by atoms with Crippen LogP contribution in [0.25, 0.3) is 0 Å².